The molecule has 0 saturated heterocycles. The van der Waals surface area contributed by atoms with Crippen LogP contribution in [0.3, 0.4) is 0 Å². The summed E-state index contributed by atoms with van der Waals surface area (Å²) in [7, 11) is 0. The summed E-state index contributed by atoms with van der Waals surface area (Å²) in [5.41, 5.74) is 9.83. The van der Waals surface area contributed by atoms with Crippen LogP contribution in [0.4, 0.5) is 5.69 Å². The number of hydrogen-bond acceptors (Lipinski definition) is 8. The molecule has 7 nitrogen and oxygen atoms in total. The molecule has 0 saturated carbocycles. The lowest BCUT2D eigenvalue weighted by atomic mass is 10.1. The molecular weight excluding hydrogens is 422 g/mol. The van der Waals surface area contributed by atoms with Gasteiger partial charge < -0.3 is 29.7 Å². The number of nitrogens with two attached hydrogens (primary N) is 1. The van der Waals surface area contributed by atoms with E-state index >= 15 is 0 Å². The lowest BCUT2D eigenvalue weighted by Gasteiger charge is -2.08. The Morgan fingerprint density at radius 3 is 2.80 bits per heavy atom. The van der Waals surface area contributed by atoms with Crippen molar-refractivity contribution in [2.45, 2.75) is 6.92 Å². The van der Waals surface area contributed by atoms with Gasteiger partial charge in [0.1, 0.15) is 34.8 Å². The number of anilines is 1. The molecule has 0 unspecified atom stereocenters. The Kier molecular flexibility index (Phi) is 5.30. The summed E-state index contributed by atoms with van der Waals surface area (Å²) in [6, 6.07) is 7.27. The second-order valence-electron chi connectivity index (χ2n) is 6.46. The number of rotatable bonds is 5. The first-order valence-corrected chi connectivity index (χ1v) is 10.0. The molecule has 0 fully saturated rings. The zero-order valence-corrected chi connectivity index (χ0v) is 17.4. The van der Waals surface area contributed by atoms with Crippen LogP contribution in [0, 0.1) is 16.3 Å². The maximum atomic E-state index is 9.86. The number of furan rings is 1. The summed E-state index contributed by atoms with van der Waals surface area (Å²) in [6.07, 6.45) is 7.61. The molecule has 0 amide bonds. The summed E-state index contributed by atoms with van der Waals surface area (Å²) in [6.45, 7) is 1.94. The van der Waals surface area contributed by atoms with Gasteiger partial charge in [0.25, 0.3) is 0 Å². The van der Waals surface area contributed by atoms with Crippen LogP contribution >= 0.6 is 23.6 Å². The number of nitrogen functional groups attached to an aromatic ring is 1. The monoisotopic (exact) mass is 439 g/mol. The van der Waals surface area contributed by atoms with Crippen LogP contribution in [0.15, 0.2) is 47.0 Å². The molecule has 1 aliphatic rings. The number of aromatic amines is 1. The van der Waals surface area contributed by atoms with E-state index in [9.17, 15) is 5.11 Å². The van der Waals surface area contributed by atoms with E-state index in [0.29, 0.717) is 37.7 Å². The zero-order chi connectivity index (χ0) is 21.3. The Morgan fingerprint density at radius 2 is 2.03 bits per heavy atom. The fraction of sp³-hybridized carbons (Fsp3) is 0.0476. The lowest BCUT2D eigenvalue weighted by Crippen LogP contribution is -2.13. The van der Waals surface area contributed by atoms with E-state index in [4.69, 9.17) is 37.3 Å². The Labute approximate surface area is 180 Å². The number of aromatic hydroxyl groups is 1. The molecule has 0 spiro atoms. The molecular formula is C21H17N3O4S2. The number of hydrogen-bond donors (Lipinski definition) is 4. The summed E-state index contributed by atoms with van der Waals surface area (Å²) >= 11 is 6.09. The molecule has 30 heavy (non-hydrogen) atoms. The number of aryl methyl sites for hydroxylation is 1. The Balaban J connectivity index is 1.52. The largest absolute Gasteiger partial charge is 0.498 e. The molecule has 0 radical (unpaired) electrons. The van der Waals surface area contributed by atoms with Crippen LogP contribution in [-0.4, -0.2) is 15.8 Å². The Hall–Kier alpha value is -3.56. The van der Waals surface area contributed by atoms with Gasteiger partial charge in [-0.3, -0.25) is 5.41 Å². The topological polar surface area (TPSA) is 117 Å². The van der Waals surface area contributed by atoms with Gasteiger partial charge in [-0.2, -0.15) is 0 Å². The highest BCUT2D eigenvalue weighted by Gasteiger charge is 2.13. The van der Waals surface area contributed by atoms with Crippen molar-refractivity contribution in [3.63, 3.8) is 0 Å². The average molecular weight is 440 g/mol. The third kappa shape index (κ3) is 4.22. The quantitative estimate of drug-likeness (QED) is 0.274. The van der Waals surface area contributed by atoms with Gasteiger partial charge in [-0.05, 0) is 49.0 Å². The fourth-order valence-electron chi connectivity index (χ4n) is 2.77. The van der Waals surface area contributed by atoms with E-state index in [1.165, 1.54) is 12.5 Å². The molecule has 0 aliphatic heterocycles. The average Bonchev–Trinajstić information content (AvgIpc) is 3.22. The van der Waals surface area contributed by atoms with Gasteiger partial charge in [0, 0.05) is 17.7 Å². The number of allylic oxidation sites excluding steroid dienone is 1. The number of nitrogens with one attached hydrogen (secondary N) is 2. The summed E-state index contributed by atoms with van der Waals surface area (Å²) in [4.78, 5) is 2.89. The molecule has 4 rings (SSSR count). The first kappa shape index (κ1) is 19.7. The van der Waals surface area contributed by atoms with E-state index in [-0.39, 0.29) is 10.8 Å². The predicted octanol–water partition coefficient (Wildman–Crippen LogP) is 3.55. The van der Waals surface area contributed by atoms with Gasteiger partial charge in [-0.15, -0.1) is 0 Å². The molecule has 0 bridgehead atoms. The van der Waals surface area contributed by atoms with Crippen molar-refractivity contribution in [3.8, 4) is 10.8 Å². The van der Waals surface area contributed by atoms with Crippen LogP contribution in [0.2, 0.25) is 0 Å². The number of H-pyrrole nitrogens is 1. The van der Waals surface area contributed by atoms with Crippen LogP contribution < -0.4 is 21.3 Å². The number of benzene rings is 1. The number of ether oxygens (including phenoxy) is 2. The van der Waals surface area contributed by atoms with Gasteiger partial charge in [0.05, 0.1) is 11.4 Å². The van der Waals surface area contributed by atoms with E-state index in [1.54, 1.807) is 30.4 Å². The van der Waals surface area contributed by atoms with E-state index in [1.807, 2.05) is 19.1 Å². The lowest BCUT2D eigenvalue weighted by molar-refractivity contribution is 0.356. The minimum absolute atomic E-state index is 0.0880. The van der Waals surface area contributed by atoms with Crippen molar-refractivity contribution in [3.05, 3.63) is 74.2 Å². The van der Waals surface area contributed by atoms with Crippen molar-refractivity contribution in [2.75, 3.05) is 5.73 Å². The van der Waals surface area contributed by atoms with Crippen LogP contribution in [0.1, 0.15) is 16.8 Å². The maximum Gasteiger partial charge on any atom is 0.198 e. The SMILES string of the molecule is Cc1ccc(N)c(OC=COC2=Cc3cc(=Cc4[nH]c(=S)sc4O)oc3=CC2=N)c1. The maximum absolute atomic E-state index is 9.86. The highest BCUT2D eigenvalue weighted by Crippen LogP contribution is 2.24. The van der Waals surface area contributed by atoms with Gasteiger partial charge >= 0.3 is 0 Å². The second-order valence-corrected chi connectivity index (χ2v) is 8.13. The highest BCUT2D eigenvalue weighted by molar-refractivity contribution is 7.73. The molecule has 3 aromatic rings. The minimum atomic E-state index is 0.0880. The molecule has 1 aliphatic carbocycles. The van der Waals surface area contributed by atoms with Gasteiger partial charge in [0.15, 0.2) is 14.8 Å². The van der Waals surface area contributed by atoms with E-state index < -0.39 is 0 Å². The van der Waals surface area contributed by atoms with E-state index in [2.05, 4.69) is 4.98 Å². The third-order valence-electron chi connectivity index (χ3n) is 4.20. The second kappa shape index (κ2) is 8.05. The molecule has 1 aromatic carbocycles. The van der Waals surface area contributed by atoms with Crippen LogP contribution in [-0.2, 0) is 4.74 Å². The fourth-order valence-corrected chi connectivity index (χ4v) is 3.68. The minimum Gasteiger partial charge on any atom is -0.498 e. The molecule has 152 valence electrons. The molecule has 9 heteroatoms. The van der Waals surface area contributed by atoms with Crippen LogP contribution in [0.5, 0.6) is 10.8 Å². The Morgan fingerprint density at radius 1 is 1.23 bits per heavy atom. The van der Waals surface area contributed by atoms with Crippen LogP contribution in [0.25, 0.3) is 18.2 Å². The molecule has 2 heterocycles. The summed E-state index contributed by atoms with van der Waals surface area (Å²) in [5, 5.41) is 18.1. The third-order valence-corrected chi connectivity index (χ3v) is 5.25. The molecule has 0 atom stereocenters. The van der Waals surface area contributed by atoms with Gasteiger partial charge in [-0.25, -0.2) is 0 Å². The standard InChI is InChI=1S/C21H17N3O4S2/c1-11-2-3-14(22)18(6-11)26-4-5-27-19-8-12-7-13(28-17(12)10-15(19)23)9-16-20(25)30-21(29)24-16/h2-10,23,25H,22H2,1H3,(H,24,29). The smallest absolute Gasteiger partial charge is 0.198 e. The first-order valence-electron chi connectivity index (χ1n) is 8.79. The summed E-state index contributed by atoms with van der Waals surface area (Å²) in [5.74, 6) is 0.867. The number of thiazole rings is 1. The Bertz CT molecular complexity index is 1380. The first-order chi connectivity index (χ1) is 14.4. The number of fused-ring (bicyclic) bond motifs is 1. The van der Waals surface area contributed by atoms with Crippen molar-refractivity contribution in [1.82, 2.24) is 4.98 Å². The van der Waals surface area contributed by atoms with Crippen molar-refractivity contribution in [2.24, 2.45) is 0 Å². The highest BCUT2D eigenvalue weighted by atomic mass is 32.1. The van der Waals surface area contributed by atoms with E-state index in [0.717, 1.165) is 22.5 Å². The summed E-state index contributed by atoms with van der Waals surface area (Å²) < 4.78 is 17.2. The van der Waals surface area contributed by atoms with Gasteiger partial charge in [0.2, 0.25) is 0 Å². The molecule has 5 N–H and O–H groups in total. The van der Waals surface area contributed by atoms with Crippen molar-refractivity contribution in [1.29, 1.82) is 5.41 Å². The zero-order valence-electron chi connectivity index (χ0n) is 15.8. The predicted molar refractivity (Wildman–Crippen MR) is 119 cm³/mol. The van der Waals surface area contributed by atoms with Crippen molar-refractivity contribution < 1.29 is 19.0 Å². The molecule has 2 aromatic heterocycles. The normalized spacial score (nSPS) is 13.8. The van der Waals surface area contributed by atoms with Crippen molar-refractivity contribution >= 4 is 53.2 Å². The van der Waals surface area contributed by atoms with Gasteiger partial charge in [-0.1, -0.05) is 17.4 Å². The number of aromatic nitrogens is 1.